The molecule has 116 valence electrons. The number of hydrogen-bond acceptors (Lipinski definition) is 5. The topological polar surface area (TPSA) is 60.2 Å². The second-order valence-corrected chi connectivity index (χ2v) is 6.03. The zero-order valence-electron chi connectivity index (χ0n) is 12.2. The highest BCUT2D eigenvalue weighted by Crippen LogP contribution is 2.39. The summed E-state index contributed by atoms with van der Waals surface area (Å²) < 4.78 is 23.9. The largest absolute Gasteiger partial charge is 0.376 e. The highest BCUT2D eigenvalue weighted by molar-refractivity contribution is 5.25. The molecule has 0 amide bonds. The van der Waals surface area contributed by atoms with E-state index in [0.29, 0.717) is 24.2 Å². The van der Waals surface area contributed by atoms with E-state index in [1.165, 1.54) is 25.0 Å². The van der Waals surface area contributed by atoms with Gasteiger partial charge in [-0.15, -0.1) is 0 Å². The van der Waals surface area contributed by atoms with E-state index in [9.17, 15) is 4.39 Å². The maximum absolute atomic E-state index is 12.9. The molecule has 1 aliphatic carbocycles. The molecular formula is C16H18FN3O2. The van der Waals surface area contributed by atoms with Gasteiger partial charge in [0.2, 0.25) is 0 Å². The Morgan fingerprint density at radius 3 is 2.77 bits per heavy atom. The lowest BCUT2D eigenvalue weighted by molar-refractivity contribution is 0.0894. The lowest BCUT2D eigenvalue weighted by Crippen LogP contribution is -2.31. The van der Waals surface area contributed by atoms with Gasteiger partial charge >= 0.3 is 6.01 Å². The smallest absolute Gasteiger partial charge is 0.321 e. The summed E-state index contributed by atoms with van der Waals surface area (Å²) in [6.07, 6.45) is 4.27. The van der Waals surface area contributed by atoms with Gasteiger partial charge in [0.15, 0.2) is 5.82 Å². The molecule has 1 N–H and O–H groups in total. The van der Waals surface area contributed by atoms with Gasteiger partial charge < -0.3 is 14.6 Å². The van der Waals surface area contributed by atoms with Gasteiger partial charge in [-0.25, -0.2) is 4.39 Å². The summed E-state index contributed by atoms with van der Waals surface area (Å²) in [7, 11) is 0. The zero-order valence-corrected chi connectivity index (χ0v) is 12.2. The lowest BCUT2D eigenvalue weighted by Gasteiger charge is -2.17. The van der Waals surface area contributed by atoms with Crippen LogP contribution >= 0.6 is 0 Å². The summed E-state index contributed by atoms with van der Waals surface area (Å²) in [4.78, 5) is 4.37. The maximum atomic E-state index is 12.9. The average molecular weight is 303 g/mol. The fourth-order valence-electron chi connectivity index (χ4n) is 2.98. The van der Waals surface area contributed by atoms with Crippen LogP contribution in [0.1, 0.15) is 30.7 Å². The van der Waals surface area contributed by atoms with Gasteiger partial charge in [-0.2, -0.15) is 4.98 Å². The van der Waals surface area contributed by atoms with Crippen molar-refractivity contribution in [3.63, 3.8) is 0 Å². The Kier molecular flexibility index (Phi) is 3.54. The van der Waals surface area contributed by atoms with Gasteiger partial charge in [0.1, 0.15) is 5.82 Å². The molecule has 1 aromatic heterocycles. The standard InChI is InChI=1S/C16H18FN3O2/c17-12-5-1-10(2-6-12)9-14-19-16(22-20-14)18-13-7-8-21-15(13)11-3-4-11/h1-2,5-6,11,13,15H,3-4,7-9H2,(H,18,19,20)/t13-,15+/m1/s1. The third-order valence-corrected chi connectivity index (χ3v) is 4.27. The molecule has 4 rings (SSSR count). The van der Waals surface area contributed by atoms with Crippen molar-refractivity contribution in [3.8, 4) is 0 Å². The second kappa shape index (κ2) is 5.68. The van der Waals surface area contributed by atoms with Crippen molar-refractivity contribution in [2.24, 2.45) is 5.92 Å². The molecule has 0 unspecified atom stereocenters. The van der Waals surface area contributed by atoms with Crippen LogP contribution in [0.4, 0.5) is 10.4 Å². The summed E-state index contributed by atoms with van der Waals surface area (Å²) in [5.41, 5.74) is 0.953. The van der Waals surface area contributed by atoms with E-state index < -0.39 is 0 Å². The molecule has 1 saturated carbocycles. The molecule has 2 heterocycles. The van der Waals surface area contributed by atoms with Gasteiger partial charge in [-0.3, -0.25) is 0 Å². The Hall–Kier alpha value is -1.95. The van der Waals surface area contributed by atoms with Gasteiger partial charge in [-0.1, -0.05) is 17.3 Å². The third-order valence-electron chi connectivity index (χ3n) is 4.27. The molecule has 2 aromatic rings. The van der Waals surface area contributed by atoms with E-state index in [-0.39, 0.29) is 18.0 Å². The van der Waals surface area contributed by atoms with Crippen molar-refractivity contribution in [3.05, 3.63) is 41.5 Å². The molecule has 6 heteroatoms. The van der Waals surface area contributed by atoms with Crippen LogP contribution in [0.15, 0.2) is 28.8 Å². The van der Waals surface area contributed by atoms with Crippen LogP contribution in [-0.2, 0) is 11.2 Å². The number of anilines is 1. The molecule has 2 fully saturated rings. The molecule has 2 aliphatic rings. The van der Waals surface area contributed by atoms with Gasteiger partial charge in [-0.05, 0) is 42.9 Å². The van der Waals surface area contributed by atoms with Crippen molar-refractivity contribution < 1.29 is 13.7 Å². The quantitative estimate of drug-likeness (QED) is 0.920. The first-order chi connectivity index (χ1) is 10.8. The number of nitrogens with zero attached hydrogens (tertiary/aromatic N) is 2. The summed E-state index contributed by atoms with van der Waals surface area (Å²) in [5, 5.41) is 7.28. The highest BCUT2D eigenvalue weighted by Gasteiger charge is 2.41. The monoisotopic (exact) mass is 303 g/mol. The summed E-state index contributed by atoms with van der Waals surface area (Å²) >= 11 is 0. The number of hydrogen-bond donors (Lipinski definition) is 1. The Bertz CT molecular complexity index is 639. The Morgan fingerprint density at radius 2 is 2.00 bits per heavy atom. The van der Waals surface area contributed by atoms with E-state index >= 15 is 0 Å². The van der Waals surface area contributed by atoms with E-state index in [2.05, 4.69) is 15.5 Å². The fourth-order valence-corrected chi connectivity index (χ4v) is 2.98. The first-order valence-corrected chi connectivity index (χ1v) is 7.73. The predicted octanol–water partition coefficient (Wildman–Crippen LogP) is 2.78. The van der Waals surface area contributed by atoms with Crippen LogP contribution in [0, 0.1) is 11.7 Å². The highest BCUT2D eigenvalue weighted by atomic mass is 19.1. The van der Waals surface area contributed by atoms with E-state index in [4.69, 9.17) is 9.26 Å². The van der Waals surface area contributed by atoms with Crippen LogP contribution in [0.25, 0.3) is 0 Å². The first kappa shape index (κ1) is 13.7. The summed E-state index contributed by atoms with van der Waals surface area (Å²) in [5.74, 6) is 1.03. The normalized spacial score (nSPS) is 24.6. The first-order valence-electron chi connectivity index (χ1n) is 7.73. The Labute approximate surface area is 127 Å². The van der Waals surface area contributed by atoms with Crippen LogP contribution in [0.3, 0.4) is 0 Å². The molecule has 1 aromatic carbocycles. The minimum absolute atomic E-state index is 0.244. The number of nitrogens with one attached hydrogen (secondary N) is 1. The molecule has 0 spiro atoms. The van der Waals surface area contributed by atoms with Gasteiger partial charge in [0.05, 0.1) is 12.1 Å². The van der Waals surface area contributed by atoms with Crippen LogP contribution in [0.2, 0.25) is 0 Å². The van der Waals surface area contributed by atoms with Gasteiger partial charge in [0, 0.05) is 13.0 Å². The number of aromatic nitrogens is 2. The molecule has 0 radical (unpaired) electrons. The predicted molar refractivity (Wildman–Crippen MR) is 78.0 cm³/mol. The molecular weight excluding hydrogens is 285 g/mol. The number of rotatable bonds is 5. The van der Waals surface area contributed by atoms with Crippen LogP contribution < -0.4 is 5.32 Å². The average Bonchev–Trinajstić information content (AvgIpc) is 3.10. The molecule has 0 bridgehead atoms. The molecule has 1 saturated heterocycles. The molecule has 22 heavy (non-hydrogen) atoms. The minimum Gasteiger partial charge on any atom is -0.376 e. The second-order valence-electron chi connectivity index (χ2n) is 6.03. The molecule has 2 atom stereocenters. The molecule has 1 aliphatic heterocycles. The maximum Gasteiger partial charge on any atom is 0.321 e. The van der Waals surface area contributed by atoms with Crippen molar-refractivity contribution in [2.45, 2.75) is 37.8 Å². The van der Waals surface area contributed by atoms with E-state index in [1.54, 1.807) is 12.1 Å². The SMILES string of the molecule is Fc1ccc(Cc2noc(N[C@@H]3CCO[C@H]3C3CC3)n2)cc1. The zero-order chi connectivity index (χ0) is 14.9. The summed E-state index contributed by atoms with van der Waals surface area (Å²) in [6.45, 7) is 0.787. The number of benzene rings is 1. The number of ether oxygens (including phenoxy) is 1. The van der Waals surface area contributed by atoms with E-state index in [0.717, 1.165) is 18.6 Å². The third kappa shape index (κ3) is 2.97. The van der Waals surface area contributed by atoms with E-state index in [1.807, 2.05) is 0 Å². The lowest BCUT2D eigenvalue weighted by atomic mass is 10.1. The van der Waals surface area contributed by atoms with Crippen LogP contribution in [0.5, 0.6) is 0 Å². The summed E-state index contributed by atoms with van der Waals surface area (Å²) in [6, 6.07) is 7.03. The van der Waals surface area contributed by atoms with Crippen LogP contribution in [-0.4, -0.2) is 28.9 Å². The van der Waals surface area contributed by atoms with Crippen molar-refractivity contribution in [1.82, 2.24) is 10.1 Å². The van der Waals surface area contributed by atoms with Crippen molar-refractivity contribution in [2.75, 3.05) is 11.9 Å². The minimum atomic E-state index is -0.244. The molecule has 5 nitrogen and oxygen atoms in total. The fraction of sp³-hybridized carbons (Fsp3) is 0.500. The number of halogens is 1. The Morgan fingerprint density at radius 1 is 1.18 bits per heavy atom. The van der Waals surface area contributed by atoms with Crippen molar-refractivity contribution >= 4 is 6.01 Å². The Balaban J connectivity index is 1.39. The van der Waals surface area contributed by atoms with Crippen molar-refractivity contribution in [1.29, 1.82) is 0 Å². The van der Waals surface area contributed by atoms with Gasteiger partial charge in [0.25, 0.3) is 0 Å².